The molecule has 0 bridgehead atoms. The van der Waals surface area contributed by atoms with Crippen LogP contribution in [0.25, 0.3) is 0 Å². The minimum Gasteiger partial charge on any atom is -0.0890 e. The maximum absolute atomic E-state index is 5.63. The second-order valence-electron chi connectivity index (χ2n) is 5.78. The monoisotopic (exact) mass is 268 g/mol. The SMILES string of the molecule is S=C(CC(=S)C1CCCCC1)C1CCCCC1. The number of thiocarbonyl (C=S) groups is 2. The van der Waals surface area contributed by atoms with Crippen LogP contribution in [-0.4, -0.2) is 9.73 Å². The minimum atomic E-state index is 0.709. The normalized spacial score (nSPS) is 23.5. The van der Waals surface area contributed by atoms with Gasteiger partial charge in [0, 0.05) is 16.1 Å². The Labute approximate surface area is 117 Å². The Morgan fingerprint density at radius 3 is 1.35 bits per heavy atom. The summed E-state index contributed by atoms with van der Waals surface area (Å²) in [5.74, 6) is 1.42. The van der Waals surface area contributed by atoms with Crippen LogP contribution in [0, 0.1) is 11.8 Å². The van der Waals surface area contributed by atoms with Crippen molar-refractivity contribution in [3.8, 4) is 0 Å². The minimum absolute atomic E-state index is 0.709. The van der Waals surface area contributed by atoms with Crippen molar-refractivity contribution in [2.75, 3.05) is 0 Å². The standard InChI is InChI=1S/C15H24S2/c16-14(12-7-3-1-4-8-12)11-15(17)13-9-5-2-6-10-13/h12-13H,1-11H2. The van der Waals surface area contributed by atoms with Gasteiger partial charge in [-0.15, -0.1) is 0 Å². The predicted octanol–water partition coefficient (Wildman–Crippen LogP) is 5.28. The molecule has 2 saturated carbocycles. The Balaban J connectivity index is 1.78. The van der Waals surface area contributed by atoms with Gasteiger partial charge in [-0.3, -0.25) is 0 Å². The first kappa shape index (κ1) is 13.6. The summed E-state index contributed by atoms with van der Waals surface area (Å²) in [4.78, 5) is 2.56. The molecule has 0 spiro atoms. The van der Waals surface area contributed by atoms with Crippen LogP contribution in [0.1, 0.15) is 70.6 Å². The number of rotatable bonds is 4. The van der Waals surface area contributed by atoms with Crippen molar-refractivity contribution in [2.24, 2.45) is 11.8 Å². The van der Waals surface area contributed by atoms with Crippen LogP contribution >= 0.6 is 24.4 Å². The van der Waals surface area contributed by atoms with Gasteiger partial charge >= 0.3 is 0 Å². The van der Waals surface area contributed by atoms with E-state index in [1.54, 1.807) is 0 Å². The third kappa shape index (κ3) is 4.10. The van der Waals surface area contributed by atoms with Crippen LogP contribution in [0.5, 0.6) is 0 Å². The molecule has 0 nitrogen and oxygen atoms in total. The van der Waals surface area contributed by atoms with E-state index >= 15 is 0 Å². The quantitative estimate of drug-likeness (QED) is 0.636. The van der Waals surface area contributed by atoms with E-state index in [0.717, 1.165) is 6.42 Å². The highest BCUT2D eigenvalue weighted by atomic mass is 32.1. The summed E-state index contributed by atoms with van der Waals surface area (Å²) in [7, 11) is 0. The Hall–Kier alpha value is 0.180. The second-order valence-corrected chi connectivity index (χ2v) is 6.83. The summed E-state index contributed by atoms with van der Waals surface area (Å²) in [6.45, 7) is 0. The molecule has 0 heterocycles. The maximum atomic E-state index is 5.63. The summed E-state index contributed by atoms with van der Waals surface area (Å²) in [6, 6.07) is 0. The lowest BCUT2D eigenvalue weighted by Crippen LogP contribution is -2.23. The van der Waals surface area contributed by atoms with E-state index < -0.39 is 0 Å². The maximum Gasteiger partial charge on any atom is 0.0108 e. The first-order chi connectivity index (χ1) is 8.27. The smallest absolute Gasteiger partial charge is 0.0108 e. The number of hydrogen-bond donors (Lipinski definition) is 0. The van der Waals surface area contributed by atoms with Gasteiger partial charge in [0.2, 0.25) is 0 Å². The van der Waals surface area contributed by atoms with Crippen LogP contribution in [-0.2, 0) is 0 Å². The highest BCUT2D eigenvalue weighted by Crippen LogP contribution is 2.30. The Morgan fingerprint density at radius 2 is 1.00 bits per heavy atom. The molecule has 0 radical (unpaired) electrons. The van der Waals surface area contributed by atoms with Crippen molar-refractivity contribution in [3.63, 3.8) is 0 Å². The van der Waals surface area contributed by atoms with E-state index in [2.05, 4.69) is 0 Å². The topological polar surface area (TPSA) is 0 Å². The van der Waals surface area contributed by atoms with Crippen molar-refractivity contribution in [1.29, 1.82) is 0 Å². The van der Waals surface area contributed by atoms with E-state index in [1.165, 1.54) is 73.9 Å². The summed E-state index contributed by atoms with van der Waals surface area (Å²) >= 11 is 11.3. The van der Waals surface area contributed by atoms with Crippen molar-refractivity contribution in [3.05, 3.63) is 0 Å². The lowest BCUT2D eigenvalue weighted by Gasteiger charge is -2.26. The van der Waals surface area contributed by atoms with Gasteiger partial charge in [0.25, 0.3) is 0 Å². The molecule has 0 aromatic carbocycles. The van der Waals surface area contributed by atoms with E-state index in [9.17, 15) is 0 Å². The van der Waals surface area contributed by atoms with Crippen molar-refractivity contribution >= 4 is 34.2 Å². The fourth-order valence-electron chi connectivity index (χ4n) is 3.31. The molecule has 2 heteroatoms. The van der Waals surface area contributed by atoms with Crippen molar-refractivity contribution < 1.29 is 0 Å². The second kappa shape index (κ2) is 6.94. The molecule has 2 fully saturated rings. The van der Waals surface area contributed by atoms with Gasteiger partial charge in [0.1, 0.15) is 0 Å². The summed E-state index contributed by atoms with van der Waals surface area (Å²) in [5, 5.41) is 0. The van der Waals surface area contributed by atoms with E-state index in [-0.39, 0.29) is 0 Å². The Bertz CT molecular complexity index is 243. The third-order valence-corrected chi connectivity index (χ3v) is 5.42. The molecular formula is C15H24S2. The van der Waals surface area contributed by atoms with Crippen molar-refractivity contribution in [2.45, 2.75) is 70.6 Å². The molecule has 2 aliphatic rings. The van der Waals surface area contributed by atoms with Gasteiger partial charge in [-0.05, 0) is 37.5 Å². The molecule has 17 heavy (non-hydrogen) atoms. The molecule has 0 amide bonds. The summed E-state index contributed by atoms with van der Waals surface area (Å²) < 4.78 is 0. The van der Waals surface area contributed by atoms with Crippen LogP contribution in [0.3, 0.4) is 0 Å². The van der Waals surface area contributed by atoms with Crippen LogP contribution in [0.2, 0.25) is 0 Å². The fraction of sp³-hybridized carbons (Fsp3) is 0.867. The molecule has 0 saturated heterocycles. The highest BCUT2D eigenvalue weighted by Gasteiger charge is 2.22. The first-order valence-electron chi connectivity index (χ1n) is 7.33. The Kier molecular flexibility index (Phi) is 5.55. The highest BCUT2D eigenvalue weighted by molar-refractivity contribution is 7.82. The van der Waals surface area contributed by atoms with Gasteiger partial charge in [-0.25, -0.2) is 0 Å². The van der Waals surface area contributed by atoms with Gasteiger partial charge in [-0.2, -0.15) is 0 Å². The molecule has 0 aromatic heterocycles. The lowest BCUT2D eigenvalue weighted by atomic mass is 9.81. The van der Waals surface area contributed by atoms with E-state index in [4.69, 9.17) is 24.4 Å². The molecule has 0 atom stereocenters. The fourth-order valence-corrected chi connectivity index (χ4v) is 4.18. The summed E-state index contributed by atoms with van der Waals surface area (Å²) in [5.41, 5.74) is 0. The average molecular weight is 268 g/mol. The molecule has 0 aromatic rings. The Morgan fingerprint density at radius 1 is 0.647 bits per heavy atom. The lowest BCUT2D eigenvalue weighted by molar-refractivity contribution is 0.434. The zero-order valence-electron chi connectivity index (χ0n) is 10.7. The van der Waals surface area contributed by atoms with Gasteiger partial charge in [0.05, 0.1) is 0 Å². The predicted molar refractivity (Wildman–Crippen MR) is 83.0 cm³/mol. The first-order valence-corrected chi connectivity index (χ1v) is 8.14. The zero-order valence-corrected chi connectivity index (χ0v) is 12.4. The molecular weight excluding hydrogens is 244 g/mol. The zero-order chi connectivity index (χ0) is 12.1. The van der Waals surface area contributed by atoms with Crippen molar-refractivity contribution in [1.82, 2.24) is 0 Å². The molecule has 0 aliphatic heterocycles. The van der Waals surface area contributed by atoms with Crippen LogP contribution < -0.4 is 0 Å². The van der Waals surface area contributed by atoms with Crippen LogP contribution in [0.4, 0.5) is 0 Å². The van der Waals surface area contributed by atoms with Gasteiger partial charge in [-0.1, -0.05) is 63.0 Å². The molecule has 96 valence electrons. The molecule has 0 N–H and O–H groups in total. The van der Waals surface area contributed by atoms with E-state index in [0.29, 0.717) is 11.8 Å². The van der Waals surface area contributed by atoms with Gasteiger partial charge < -0.3 is 0 Å². The molecule has 2 aliphatic carbocycles. The molecule has 2 rings (SSSR count). The average Bonchev–Trinajstić information content (AvgIpc) is 2.40. The van der Waals surface area contributed by atoms with Crippen LogP contribution in [0.15, 0.2) is 0 Å². The molecule has 0 unspecified atom stereocenters. The van der Waals surface area contributed by atoms with E-state index in [1.807, 2.05) is 0 Å². The summed E-state index contributed by atoms with van der Waals surface area (Å²) in [6.07, 6.45) is 14.6. The number of hydrogen-bond acceptors (Lipinski definition) is 2. The third-order valence-electron chi connectivity index (χ3n) is 4.47. The van der Waals surface area contributed by atoms with Gasteiger partial charge in [0.15, 0.2) is 0 Å². The largest absolute Gasteiger partial charge is 0.0890 e.